The average Bonchev–Trinajstić information content (AvgIpc) is 3.00. The molecule has 0 N–H and O–H groups in total. The Hall–Kier alpha value is 0. The lowest BCUT2D eigenvalue weighted by Crippen LogP contribution is -2.06. The minimum Gasteiger partial charge on any atom is -0.0654 e. The fourth-order valence-electron chi connectivity index (χ4n) is 3.32. The Morgan fingerprint density at radius 2 is 1.62 bits per heavy atom. The van der Waals surface area contributed by atoms with Crippen molar-refractivity contribution < 1.29 is 0 Å². The van der Waals surface area contributed by atoms with Gasteiger partial charge in [-0.3, -0.25) is 0 Å². The van der Waals surface area contributed by atoms with Gasteiger partial charge in [-0.15, -0.1) is 0 Å². The quantitative estimate of drug-likeness (QED) is 0.473. The highest BCUT2D eigenvalue weighted by molar-refractivity contribution is 4.88. The van der Waals surface area contributed by atoms with Crippen LogP contribution in [0.3, 0.4) is 0 Å². The molecule has 0 nitrogen and oxygen atoms in total. The molecule has 96 valence electrons. The molecule has 0 heteroatoms. The van der Waals surface area contributed by atoms with Gasteiger partial charge in [-0.05, 0) is 30.1 Å². The molecule has 1 aliphatic carbocycles. The highest BCUT2D eigenvalue weighted by Crippen LogP contribution is 2.47. The summed E-state index contributed by atoms with van der Waals surface area (Å²) in [5.41, 5.74) is 0. The van der Waals surface area contributed by atoms with Crippen molar-refractivity contribution in [1.29, 1.82) is 0 Å². The molecule has 1 saturated carbocycles. The van der Waals surface area contributed by atoms with E-state index >= 15 is 0 Å². The monoisotopic (exact) mass is 224 g/mol. The fourth-order valence-corrected chi connectivity index (χ4v) is 3.32. The predicted octanol–water partition coefficient (Wildman–Crippen LogP) is 5.67. The van der Waals surface area contributed by atoms with Crippen LogP contribution in [0, 0.1) is 23.7 Å². The second-order valence-corrected chi connectivity index (χ2v) is 6.04. The molecule has 1 rings (SSSR count). The van der Waals surface area contributed by atoms with Crippen LogP contribution in [-0.4, -0.2) is 0 Å². The second kappa shape index (κ2) is 7.35. The highest BCUT2D eigenvalue weighted by Gasteiger charge is 2.38. The van der Waals surface area contributed by atoms with E-state index in [1.165, 1.54) is 51.4 Å². The summed E-state index contributed by atoms with van der Waals surface area (Å²) in [6, 6.07) is 0. The van der Waals surface area contributed by atoms with E-state index in [2.05, 4.69) is 27.7 Å². The number of hydrogen-bond donors (Lipinski definition) is 0. The summed E-state index contributed by atoms with van der Waals surface area (Å²) >= 11 is 0. The summed E-state index contributed by atoms with van der Waals surface area (Å²) in [6.07, 6.45) is 11.6. The Kier molecular flexibility index (Phi) is 6.46. The van der Waals surface area contributed by atoms with Crippen molar-refractivity contribution in [3.05, 3.63) is 0 Å². The van der Waals surface area contributed by atoms with Gasteiger partial charge < -0.3 is 0 Å². The first-order valence-electron chi connectivity index (χ1n) is 7.72. The van der Waals surface area contributed by atoms with Gasteiger partial charge in [0.25, 0.3) is 0 Å². The van der Waals surface area contributed by atoms with E-state index < -0.39 is 0 Å². The van der Waals surface area contributed by atoms with Crippen LogP contribution in [0.15, 0.2) is 0 Å². The summed E-state index contributed by atoms with van der Waals surface area (Å²) in [5.74, 6) is 4.21. The topological polar surface area (TPSA) is 0 Å². The molecule has 0 radical (unpaired) electrons. The van der Waals surface area contributed by atoms with Crippen molar-refractivity contribution in [1.82, 2.24) is 0 Å². The number of hydrogen-bond acceptors (Lipinski definition) is 0. The molecule has 1 aliphatic rings. The lowest BCUT2D eigenvalue weighted by atomic mass is 9.88. The van der Waals surface area contributed by atoms with E-state index in [1.807, 2.05) is 0 Å². The van der Waals surface area contributed by atoms with Gasteiger partial charge in [0.15, 0.2) is 0 Å². The molecule has 3 unspecified atom stereocenters. The summed E-state index contributed by atoms with van der Waals surface area (Å²) in [4.78, 5) is 0. The van der Waals surface area contributed by atoms with E-state index in [9.17, 15) is 0 Å². The smallest absolute Gasteiger partial charge is 0.0357 e. The van der Waals surface area contributed by atoms with Crippen molar-refractivity contribution in [2.75, 3.05) is 0 Å². The zero-order valence-corrected chi connectivity index (χ0v) is 12.0. The summed E-state index contributed by atoms with van der Waals surface area (Å²) in [6.45, 7) is 9.48. The zero-order chi connectivity index (χ0) is 12.0. The lowest BCUT2D eigenvalue weighted by Gasteiger charge is -2.18. The number of rotatable bonds is 9. The summed E-state index contributed by atoms with van der Waals surface area (Å²) < 4.78 is 0. The van der Waals surface area contributed by atoms with Gasteiger partial charge in [0.1, 0.15) is 0 Å². The first-order chi connectivity index (χ1) is 7.72. The third-order valence-corrected chi connectivity index (χ3v) is 4.78. The van der Waals surface area contributed by atoms with Crippen LogP contribution in [-0.2, 0) is 0 Å². The SMILES string of the molecule is CCCC(CCCC(CC)CC)C1CC1C. The third kappa shape index (κ3) is 4.47. The predicted molar refractivity (Wildman–Crippen MR) is 73.6 cm³/mol. The van der Waals surface area contributed by atoms with Crippen molar-refractivity contribution in [2.45, 2.75) is 79.1 Å². The molecule has 0 aromatic carbocycles. The van der Waals surface area contributed by atoms with E-state index in [0.717, 1.165) is 23.7 Å². The molecule has 0 aromatic heterocycles. The molecule has 16 heavy (non-hydrogen) atoms. The Morgan fingerprint density at radius 3 is 2.06 bits per heavy atom. The molecule has 0 spiro atoms. The molecule has 0 amide bonds. The lowest BCUT2D eigenvalue weighted by molar-refractivity contribution is 0.340. The Labute approximate surface area is 103 Å². The maximum absolute atomic E-state index is 2.44. The van der Waals surface area contributed by atoms with Gasteiger partial charge in [0.2, 0.25) is 0 Å². The van der Waals surface area contributed by atoms with E-state index in [0.29, 0.717) is 0 Å². The van der Waals surface area contributed by atoms with Crippen molar-refractivity contribution in [3.63, 3.8) is 0 Å². The first kappa shape index (κ1) is 14.1. The van der Waals surface area contributed by atoms with Crippen molar-refractivity contribution in [3.8, 4) is 0 Å². The van der Waals surface area contributed by atoms with Crippen LogP contribution in [0.5, 0.6) is 0 Å². The molecule has 1 fully saturated rings. The van der Waals surface area contributed by atoms with Crippen LogP contribution < -0.4 is 0 Å². The molecule has 0 bridgehead atoms. The van der Waals surface area contributed by atoms with E-state index in [4.69, 9.17) is 0 Å². The van der Waals surface area contributed by atoms with E-state index in [-0.39, 0.29) is 0 Å². The normalized spacial score (nSPS) is 26.1. The van der Waals surface area contributed by atoms with Gasteiger partial charge in [-0.2, -0.15) is 0 Å². The fraction of sp³-hybridized carbons (Fsp3) is 1.00. The Bertz CT molecular complexity index is 169. The van der Waals surface area contributed by atoms with Gasteiger partial charge in [-0.25, -0.2) is 0 Å². The molecule has 0 aliphatic heterocycles. The van der Waals surface area contributed by atoms with E-state index in [1.54, 1.807) is 0 Å². The Morgan fingerprint density at radius 1 is 1.00 bits per heavy atom. The minimum atomic E-state index is 0.999. The standard InChI is InChI=1S/C16H32/c1-5-9-15(16-12-13(16)4)11-8-10-14(6-2)7-3/h13-16H,5-12H2,1-4H3. The maximum atomic E-state index is 2.44. The highest BCUT2D eigenvalue weighted by atomic mass is 14.4. The maximum Gasteiger partial charge on any atom is -0.0357 e. The van der Waals surface area contributed by atoms with Crippen molar-refractivity contribution >= 4 is 0 Å². The van der Waals surface area contributed by atoms with Gasteiger partial charge >= 0.3 is 0 Å². The minimum absolute atomic E-state index is 0.999. The van der Waals surface area contributed by atoms with Gasteiger partial charge in [-0.1, -0.05) is 72.6 Å². The van der Waals surface area contributed by atoms with Crippen LogP contribution in [0.2, 0.25) is 0 Å². The van der Waals surface area contributed by atoms with Crippen molar-refractivity contribution in [2.24, 2.45) is 23.7 Å². The summed E-state index contributed by atoms with van der Waals surface area (Å²) in [7, 11) is 0. The van der Waals surface area contributed by atoms with Crippen LogP contribution in [0.1, 0.15) is 79.1 Å². The largest absolute Gasteiger partial charge is 0.0654 e. The molecule has 0 saturated heterocycles. The second-order valence-electron chi connectivity index (χ2n) is 6.04. The van der Waals surface area contributed by atoms with Crippen LogP contribution in [0.4, 0.5) is 0 Å². The molecular weight excluding hydrogens is 192 g/mol. The third-order valence-electron chi connectivity index (χ3n) is 4.78. The first-order valence-corrected chi connectivity index (χ1v) is 7.72. The zero-order valence-electron chi connectivity index (χ0n) is 12.0. The Balaban J connectivity index is 2.17. The molecule has 3 atom stereocenters. The molecule has 0 heterocycles. The van der Waals surface area contributed by atoms with Crippen LogP contribution in [0.25, 0.3) is 0 Å². The average molecular weight is 224 g/mol. The molecule has 0 aromatic rings. The summed E-state index contributed by atoms with van der Waals surface area (Å²) in [5, 5.41) is 0. The molecular formula is C16H32. The van der Waals surface area contributed by atoms with Crippen LogP contribution >= 0.6 is 0 Å². The van der Waals surface area contributed by atoms with Gasteiger partial charge in [0, 0.05) is 0 Å². The van der Waals surface area contributed by atoms with Gasteiger partial charge in [0.05, 0.1) is 0 Å².